The van der Waals surface area contributed by atoms with E-state index in [1.807, 2.05) is 51.1 Å². The Morgan fingerprint density at radius 3 is 2.49 bits per heavy atom. The van der Waals surface area contributed by atoms with Crippen molar-refractivity contribution in [2.24, 2.45) is 4.99 Å². The van der Waals surface area contributed by atoms with Gasteiger partial charge in [-0.1, -0.05) is 35.3 Å². The fraction of sp³-hybridized carbons (Fsp3) is 0.286. The molecule has 0 radical (unpaired) electrons. The normalized spacial score (nSPS) is 17.1. The number of fused-ring (bicyclic) bond motifs is 1. The molecule has 2 aromatic carbocycles. The molecule has 3 aromatic rings. The summed E-state index contributed by atoms with van der Waals surface area (Å²) in [5.41, 5.74) is 2.72. The lowest BCUT2D eigenvalue weighted by Gasteiger charge is -2.37. The molecule has 0 saturated carbocycles. The van der Waals surface area contributed by atoms with Crippen molar-refractivity contribution >= 4 is 80.5 Å². The summed E-state index contributed by atoms with van der Waals surface area (Å²) in [6, 6.07) is 13.1. The zero-order chi connectivity index (χ0) is 27.7. The Hall–Kier alpha value is -3.27. The Bertz CT molecular complexity index is 1490. The predicted octanol–water partition coefficient (Wildman–Crippen LogP) is 6.68. The molecule has 1 aromatic heterocycles. The topological polar surface area (TPSA) is 87.1 Å². The van der Waals surface area contributed by atoms with Gasteiger partial charge in [0, 0.05) is 43.4 Å². The fourth-order valence-corrected chi connectivity index (χ4v) is 5.62. The van der Waals surface area contributed by atoms with Gasteiger partial charge in [-0.15, -0.1) is 0 Å². The number of para-hydroxylation sites is 1. The van der Waals surface area contributed by atoms with E-state index in [0.717, 1.165) is 22.2 Å². The van der Waals surface area contributed by atoms with Gasteiger partial charge in [0.1, 0.15) is 5.60 Å². The summed E-state index contributed by atoms with van der Waals surface area (Å²) in [5, 5.41) is 5.32. The number of aromatic nitrogens is 1. The van der Waals surface area contributed by atoms with Gasteiger partial charge in [0.25, 0.3) is 5.91 Å². The first kappa shape index (κ1) is 27.3. The summed E-state index contributed by atoms with van der Waals surface area (Å²) in [6.45, 7) is 8.08. The average Bonchev–Trinajstić information content (AvgIpc) is 3.23. The number of amidine groups is 1. The molecule has 8 nitrogen and oxygen atoms in total. The summed E-state index contributed by atoms with van der Waals surface area (Å²) in [4.78, 5) is 38.2. The third-order valence-corrected chi connectivity index (χ3v) is 7.66. The summed E-state index contributed by atoms with van der Waals surface area (Å²) in [6.07, 6.45) is 3.32. The SMILES string of the molecule is CC(C)(C)OC(=O)N1CCN(c2ccnc3ccc(C=C4SC(Nc5c(Cl)cccc5Cl)=NC4=O)cc23)CC1. The van der Waals surface area contributed by atoms with Crippen LogP contribution in [0.2, 0.25) is 10.0 Å². The Morgan fingerprint density at radius 2 is 1.79 bits per heavy atom. The molecule has 39 heavy (non-hydrogen) atoms. The molecule has 1 N–H and O–H groups in total. The lowest BCUT2D eigenvalue weighted by Crippen LogP contribution is -2.50. The number of nitrogens with zero attached hydrogens (tertiary/aromatic N) is 4. The van der Waals surface area contributed by atoms with Crippen molar-refractivity contribution in [3.63, 3.8) is 0 Å². The minimum atomic E-state index is -0.525. The number of pyridine rings is 1. The maximum absolute atomic E-state index is 12.7. The first-order valence-electron chi connectivity index (χ1n) is 12.4. The van der Waals surface area contributed by atoms with Gasteiger partial charge < -0.3 is 19.9 Å². The van der Waals surface area contributed by atoms with Crippen LogP contribution < -0.4 is 10.2 Å². The molecule has 0 atom stereocenters. The molecule has 5 rings (SSSR count). The molecule has 1 saturated heterocycles. The number of carbonyl (C=O) groups excluding carboxylic acids is 2. The van der Waals surface area contributed by atoms with Crippen LogP contribution in [0.15, 0.2) is 58.6 Å². The van der Waals surface area contributed by atoms with Crippen molar-refractivity contribution in [1.82, 2.24) is 9.88 Å². The smallest absolute Gasteiger partial charge is 0.410 e. The van der Waals surface area contributed by atoms with Gasteiger partial charge >= 0.3 is 6.09 Å². The Labute approximate surface area is 241 Å². The summed E-state index contributed by atoms with van der Waals surface area (Å²) >= 11 is 13.7. The predicted molar refractivity (Wildman–Crippen MR) is 160 cm³/mol. The number of thioether (sulfide) groups is 1. The average molecular weight is 585 g/mol. The number of hydrogen-bond acceptors (Lipinski definition) is 7. The molecule has 0 unspecified atom stereocenters. The molecule has 2 aliphatic heterocycles. The van der Waals surface area contributed by atoms with E-state index >= 15 is 0 Å². The highest BCUT2D eigenvalue weighted by atomic mass is 35.5. The van der Waals surface area contributed by atoms with Crippen molar-refractivity contribution in [2.75, 3.05) is 36.4 Å². The van der Waals surface area contributed by atoms with E-state index in [-0.39, 0.29) is 12.0 Å². The number of rotatable bonds is 3. The van der Waals surface area contributed by atoms with E-state index in [1.54, 1.807) is 29.3 Å². The molecule has 2 aliphatic rings. The maximum Gasteiger partial charge on any atom is 0.410 e. The maximum atomic E-state index is 12.7. The monoisotopic (exact) mass is 583 g/mol. The van der Waals surface area contributed by atoms with Crippen LogP contribution in [0.1, 0.15) is 26.3 Å². The zero-order valence-corrected chi connectivity index (χ0v) is 24.0. The van der Waals surface area contributed by atoms with Gasteiger partial charge in [-0.3, -0.25) is 9.78 Å². The van der Waals surface area contributed by atoms with Crippen LogP contribution in [-0.4, -0.2) is 58.8 Å². The molecular formula is C28H27Cl2N5O3S. The minimum Gasteiger partial charge on any atom is -0.444 e. The van der Waals surface area contributed by atoms with Gasteiger partial charge in [0.2, 0.25) is 0 Å². The number of piperazine rings is 1. The lowest BCUT2D eigenvalue weighted by molar-refractivity contribution is -0.113. The zero-order valence-electron chi connectivity index (χ0n) is 21.7. The van der Waals surface area contributed by atoms with Gasteiger partial charge in [0.15, 0.2) is 5.17 Å². The third kappa shape index (κ3) is 6.32. The number of hydrogen-bond donors (Lipinski definition) is 1. The van der Waals surface area contributed by atoms with Gasteiger partial charge in [0.05, 0.1) is 26.2 Å². The number of aliphatic imine (C=N–C) groups is 1. The highest BCUT2D eigenvalue weighted by molar-refractivity contribution is 8.18. The van der Waals surface area contributed by atoms with Crippen LogP contribution in [0.25, 0.3) is 17.0 Å². The molecule has 1 fully saturated rings. The number of anilines is 2. The Morgan fingerprint density at radius 1 is 1.08 bits per heavy atom. The van der Waals surface area contributed by atoms with Crippen molar-refractivity contribution in [3.8, 4) is 0 Å². The number of ether oxygens (including phenoxy) is 1. The number of carbonyl (C=O) groups is 2. The second-order valence-corrected chi connectivity index (χ2v) is 12.0. The minimum absolute atomic E-state index is 0.290. The molecule has 11 heteroatoms. The van der Waals surface area contributed by atoms with Crippen LogP contribution >= 0.6 is 35.0 Å². The first-order chi connectivity index (χ1) is 18.6. The van der Waals surface area contributed by atoms with Crippen LogP contribution in [0.4, 0.5) is 16.2 Å². The molecule has 202 valence electrons. The molecule has 3 heterocycles. The standard InChI is InChI=1S/C28H27Cl2N5O3S/c1-28(2,3)38-27(37)35-13-11-34(12-14-35)22-9-10-31-21-8-7-17(15-18(21)22)16-23-25(36)33-26(39-23)32-24-19(29)5-4-6-20(24)30/h4-10,15-16H,11-14H2,1-3H3,(H,32,33,36). The van der Waals surface area contributed by atoms with Crippen molar-refractivity contribution in [2.45, 2.75) is 26.4 Å². The van der Waals surface area contributed by atoms with E-state index in [9.17, 15) is 9.59 Å². The second-order valence-electron chi connectivity index (χ2n) is 10.1. The third-order valence-electron chi connectivity index (χ3n) is 6.13. The second kappa shape index (κ2) is 11.1. The number of amides is 2. The van der Waals surface area contributed by atoms with E-state index in [0.29, 0.717) is 52.0 Å². The number of halogens is 2. The Balaban J connectivity index is 1.32. The fourth-order valence-electron chi connectivity index (χ4n) is 4.31. The molecule has 0 aliphatic carbocycles. The van der Waals surface area contributed by atoms with E-state index < -0.39 is 5.60 Å². The van der Waals surface area contributed by atoms with Gasteiger partial charge in [-0.25, -0.2) is 4.79 Å². The molecule has 2 amide bonds. The van der Waals surface area contributed by atoms with Crippen LogP contribution in [0.5, 0.6) is 0 Å². The first-order valence-corrected chi connectivity index (χ1v) is 14.0. The molecule has 0 bridgehead atoms. The van der Waals surface area contributed by atoms with Crippen molar-refractivity contribution in [1.29, 1.82) is 0 Å². The van der Waals surface area contributed by atoms with Gasteiger partial charge in [-0.05, 0) is 74.5 Å². The van der Waals surface area contributed by atoms with Crippen molar-refractivity contribution in [3.05, 3.63) is 69.2 Å². The quantitative estimate of drug-likeness (QED) is 0.344. The largest absolute Gasteiger partial charge is 0.444 e. The van der Waals surface area contributed by atoms with E-state index in [1.165, 1.54) is 11.8 Å². The summed E-state index contributed by atoms with van der Waals surface area (Å²) < 4.78 is 5.52. The van der Waals surface area contributed by atoms with Crippen molar-refractivity contribution < 1.29 is 14.3 Å². The van der Waals surface area contributed by atoms with Gasteiger partial charge in [-0.2, -0.15) is 4.99 Å². The molecular weight excluding hydrogens is 557 g/mol. The van der Waals surface area contributed by atoms with Crippen LogP contribution in [-0.2, 0) is 9.53 Å². The van der Waals surface area contributed by atoms with Crippen LogP contribution in [0, 0.1) is 0 Å². The number of nitrogens with one attached hydrogen (secondary N) is 1. The highest BCUT2D eigenvalue weighted by Gasteiger charge is 2.27. The number of benzene rings is 2. The summed E-state index contributed by atoms with van der Waals surface area (Å²) in [5.74, 6) is -0.338. The van der Waals surface area contributed by atoms with E-state index in [4.69, 9.17) is 27.9 Å². The lowest BCUT2D eigenvalue weighted by atomic mass is 10.1. The summed E-state index contributed by atoms with van der Waals surface area (Å²) in [7, 11) is 0. The Kier molecular flexibility index (Phi) is 7.75. The highest BCUT2D eigenvalue weighted by Crippen LogP contribution is 2.35. The molecule has 0 spiro atoms. The van der Waals surface area contributed by atoms with E-state index in [2.05, 4.69) is 20.2 Å². The van der Waals surface area contributed by atoms with Crippen LogP contribution in [0.3, 0.4) is 0 Å².